The predicted molar refractivity (Wildman–Crippen MR) is 112 cm³/mol. The standard InChI is InChI=1S/C23H19N3O3/c1-16-6-10-18(11-7-16)29-19-12-8-17(9-13-19)25-22(27)15-26-21-5-3-2-4-20(21)24-14-23(26)28/h2-14H,15H2,1H3,(H,25,27). The van der Waals surface area contributed by atoms with E-state index in [-0.39, 0.29) is 18.0 Å². The van der Waals surface area contributed by atoms with Crippen molar-refractivity contribution in [2.45, 2.75) is 13.5 Å². The molecule has 6 heteroatoms. The van der Waals surface area contributed by atoms with Crippen LogP contribution in [0.2, 0.25) is 0 Å². The van der Waals surface area contributed by atoms with Crippen molar-refractivity contribution in [3.8, 4) is 11.5 Å². The van der Waals surface area contributed by atoms with E-state index in [9.17, 15) is 9.59 Å². The smallest absolute Gasteiger partial charge is 0.269 e. The average molecular weight is 385 g/mol. The van der Waals surface area contributed by atoms with Crippen molar-refractivity contribution in [2.24, 2.45) is 0 Å². The molecule has 1 N–H and O–H groups in total. The monoisotopic (exact) mass is 385 g/mol. The Labute approximate surface area is 167 Å². The summed E-state index contributed by atoms with van der Waals surface area (Å²) >= 11 is 0. The van der Waals surface area contributed by atoms with Gasteiger partial charge in [-0.2, -0.15) is 0 Å². The maximum atomic E-state index is 12.5. The van der Waals surface area contributed by atoms with Gasteiger partial charge in [-0.1, -0.05) is 29.8 Å². The van der Waals surface area contributed by atoms with Crippen LogP contribution in [0.15, 0.2) is 83.8 Å². The fourth-order valence-corrected chi connectivity index (χ4v) is 2.97. The molecule has 4 rings (SSSR count). The first-order valence-electron chi connectivity index (χ1n) is 9.17. The number of benzene rings is 3. The van der Waals surface area contributed by atoms with Gasteiger partial charge in [-0.15, -0.1) is 0 Å². The molecule has 1 aromatic heterocycles. The summed E-state index contributed by atoms with van der Waals surface area (Å²) in [6.07, 6.45) is 1.23. The van der Waals surface area contributed by atoms with E-state index in [1.54, 1.807) is 36.4 Å². The van der Waals surface area contributed by atoms with Crippen LogP contribution in [0.3, 0.4) is 0 Å². The molecule has 0 aliphatic heterocycles. The van der Waals surface area contributed by atoms with Gasteiger partial charge in [0, 0.05) is 5.69 Å². The molecule has 0 saturated carbocycles. The van der Waals surface area contributed by atoms with Crippen molar-refractivity contribution in [1.29, 1.82) is 0 Å². The van der Waals surface area contributed by atoms with Crippen LogP contribution in [0, 0.1) is 6.92 Å². The maximum absolute atomic E-state index is 12.5. The number of fused-ring (bicyclic) bond motifs is 1. The van der Waals surface area contributed by atoms with Crippen molar-refractivity contribution >= 4 is 22.6 Å². The second-order valence-electron chi connectivity index (χ2n) is 6.66. The largest absolute Gasteiger partial charge is 0.457 e. The van der Waals surface area contributed by atoms with Crippen LogP contribution in [0.5, 0.6) is 11.5 Å². The van der Waals surface area contributed by atoms with Crippen molar-refractivity contribution in [2.75, 3.05) is 5.32 Å². The molecule has 0 saturated heterocycles. The van der Waals surface area contributed by atoms with Crippen LogP contribution >= 0.6 is 0 Å². The molecule has 3 aromatic carbocycles. The van der Waals surface area contributed by atoms with Gasteiger partial charge >= 0.3 is 0 Å². The Balaban J connectivity index is 1.44. The Bertz CT molecular complexity index is 1210. The highest BCUT2D eigenvalue weighted by Gasteiger charge is 2.09. The van der Waals surface area contributed by atoms with Crippen LogP contribution in [-0.4, -0.2) is 15.5 Å². The third kappa shape index (κ3) is 4.32. The highest BCUT2D eigenvalue weighted by molar-refractivity contribution is 5.91. The molecule has 0 spiro atoms. The molecular weight excluding hydrogens is 366 g/mol. The number of carbonyl (C=O) groups is 1. The topological polar surface area (TPSA) is 73.2 Å². The molecule has 1 heterocycles. The number of hydrogen-bond donors (Lipinski definition) is 1. The second-order valence-corrected chi connectivity index (χ2v) is 6.66. The number of amides is 1. The third-order valence-corrected chi connectivity index (χ3v) is 4.45. The van der Waals surface area contributed by atoms with E-state index in [0.29, 0.717) is 22.5 Å². The normalized spacial score (nSPS) is 10.7. The molecule has 1 amide bonds. The van der Waals surface area contributed by atoms with Gasteiger partial charge in [0.05, 0.1) is 17.2 Å². The predicted octanol–water partition coefficient (Wildman–Crippen LogP) is 4.14. The highest BCUT2D eigenvalue weighted by Crippen LogP contribution is 2.23. The summed E-state index contributed by atoms with van der Waals surface area (Å²) in [7, 11) is 0. The van der Waals surface area contributed by atoms with E-state index in [2.05, 4.69) is 10.3 Å². The lowest BCUT2D eigenvalue weighted by atomic mass is 10.2. The fourth-order valence-electron chi connectivity index (χ4n) is 2.97. The van der Waals surface area contributed by atoms with E-state index in [0.717, 1.165) is 11.3 Å². The molecule has 0 aliphatic carbocycles. The first-order chi connectivity index (χ1) is 14.1. The Morgan fingerprint density at radius 2 is 1.62 bits per heavy atom. The number of nitrogens with one attached hydrogen (secondary N) is 1. The number of aryl methyl sites for hydroxylation is 1. The summed E-state index contributed by atoms with van der Waals surface area (Å²) in [5.41, 5.74) is 2.75. The van der Waals surface area contributed by atoms with Gasteiger partial charge in [0.2, 0.25) is 5.91 Å². The van der Waals surface area contributed by atoms with Crippen LogP contribution in [0.25, 0.3) is 11.0 Å². The van der Waals surface area contributed by atoms with Crippen LogP contribution < -0.4 is 15.6 Å². The first kappa shape index (κ1) is 18.4. The first-order valence-corrected chi connectivity index (χ1v) is 9.17. The fraction of sp³-hybridized carbons (Fsp3) is 0.0870. The zero-order valence-electron chi connectivity index (χ0n) is 15.8. The van der Waals surface area contributed by atoms with Crippen molar-refractivity contribution in [3.63, 3.8) is 0 Å². The SMILES string of the molecule is Cc1ccc(Oc2ccc(NC(=O)Cn3c(=O)cnc4ccccc43)cc2)cc1. The molecule has 0 unspecified atom stereocenters. The number of carbonyl (C=O) groups excluding carboxylic acids is 1. The number of rotatable bonds is 5. The van der Waals surface area contributed by atoms with Crippen LogP contribution in [-0.2, 0) is 11.3 Å². The van der Waals surface area contributed by atoms with E-state index in [4.69, 9.17) is 4.74 Å². The summed E-state index contributed by atoms with van der Waals surface area (Å²) in [5.74, 6) is 1.12. The molecule has 6 nitrogen and oxygen atoms in total. The number of ether oxygens (including phenoxy) is 1. The Hall–Kier alpha value is -3.93. The van der Waals surface area contributed by atoms with E-state index < -0.39 is 0 Å². The van der Waals surface area contributed by atoms with Crippen LogP contribution in [0.4, 0.5) is 5.69 Å². The molecule has 4 aromatic rings. The van der Waals surface area contributed by atoms with Gasteiger partial charge in [-0.05, 0) is 55.5 Å². The molecule has 0 aliphatic rings. The Morgan fingerprint density at radius 3 is 2.34 bits per heavy atom. The molecule has 144 valence electrons. The maximum Gasteiger partial charge on any atom is 0.269 e. The lowest BCUT2D eigenvalue weighted by Gasteiger charge is -2.11. The van der Waals surface area contributed by atoms with Crippen LogP contribution in [0.1, 0.15) is 5.56 Å². The number of hydrogen-bond acceptors (Lipinski definition) is 4. The summed E-state index contributed by atoms with van der Waals surface area (Å²) in [6.45, 7) is 1.92. The van der Waals surface area contributed by atoms with Crippen molar-refractivity contribution in [1.82, 2.24) is 9.55 Å². The zero-order chi connectivity index (χ0) is 20.2. The minimum atomic E-state index is -0.319. The molecular formula is C23H19N3O3. The zero-order valence-corrected chi connectivity index (χ0v) is 15.8. The highest BCUT2D eigenvalue weighted by atomic mass is 16.5. The second kappa shape index (κ2) is 7.98. The number of nitrogens with zero attached hydrogens (tertiary/aromatic N) is 2. The minimum absolute atomic E-state index is 0.0938. The van der Waals surface area contributed by atoms with E-state index >= 15 is 0 Å². The molecule has 0 bridgehead atoms. The Morgan fingerprint density at radius 1 is 0.966 bits per heavy atom. The van der Waals surface area contributed by atoms with Gasteiger partial charge in [-0.25, -0.2) is 4.98 Å². The van der Waals surface area contributed by atoms with Crippen molar-refractivity contribution in [3.05, 3.63) is 94.9 Å². The number of para-hydroxylation sites is 2. The summed E-state index contributed by atoms with van der Waals surface area (Å²) in [4.78, 5) is 28.7. The summed E-state index contributed by atoms with van der Waals surface area (Å²) in [6, 6.07) is 22.1. The quantitative estimate of drug-likeness (QED) is 0.560. The lowest BCUT2D eigenvalue weighted by molar-refractivity contribution is -0.116. The van der Waals surface area contributed by atoms with Crippen molar-refractivity contribution < 1.29 is 9.53 Å². The van der Waals surface area contributed by atoms with Gasteiger partial charge < -0.3 is 10.1 Å². The lowest BCUT2D eigenvalue weighted by Crippen LogP contribution is -2.27. The van der Waals surface area contributed by atoms with E-state index in [1.165, 1.54) is 10.8 Å². The molecule has 0 atom stereocenters. The Kier molecular flexibility index (Phi) is 5.07. The third-order valence-electron chi connectivity index (χ3n) is 4.45. The molecule has 0 fully saturated rings. The summed E-state index contributed by atoms with van der Waals surface area (Å²) < 4.78 is 7.20. The average Bonchev–Trinajstić information content (AvgIpc) is 2.73. The van der Waals surface area contributed by atoms with Gasteiger partial charge in [0.1, 0.15) is 18.0 Å². The summed E-state index contributed by atoms with van der Waals surface area (Å²) in [5, 5.41) is 2.81. The van der Waals surface area contributed by atoms with Gasteiger partial charge in [-0.3, -0.25) is 14.2 Å². The van der Waals surface area contributed by atoms with Gasteiger partial charge in [0.15, 0.2) is 0 Å². The van der Waals surface area contributed by atoms with Gasteiger partial charge in [0.25, 0.3) is 5.56 Å². The molecule has 29 heavy (non-hydrogen) atoms. The molecule has 0 radical (unpaired) electrons. The number of anilines is 1. The number of aromatic nitrogens is 2. The minimum Gasteiger partial charge on any atom is -0.457 e. The van der Waals surface area contributed by atoms with E-state index in [1.807, 2.05) is 43.3 Å².